The van der Waals surface area contributed by atoms with Crippen LogP contribution in [-0.2, 0) is 17.8 Å². The number of phenols is 1. The predicted octanol–water partition coefficient (Wildman–Crippen LogP) is 0.700. The van der Waals surface area contributed by atoms with Crippen molar-refractivity contribution in [1.82, 2.24) is 9.80 Å². The number of nitrogens with two attached hydrogens (primary N) is 1. The molecule has 1 aromatic carbocycles. The molecule has 3 rings (SSSR count). The molecule has 0 bridgehead atoms. The maximum Gasteiger partial charge on any atom is 0.237 e. The van der Waals surface area contributed by atoms with Gasteiger partial charge in [-0.1, -0.05) is 6.07 Å². The summed E-state index contributed by atoms with van der Waals surface area (Å²) < 4.78 is 0. The molecule has 21 heavy (non-hydrogen) atoms. The quantitative estimate of drug-likeness (QED) is 0.841. The second-order valence-corrected chi connectivity index (χ2v) is 6.13. The van der Waals surface area contributed by atoms with Crippen LogP contribution in [-0.4, -0.2) is 53.0 Å². The molecule has 2 aliphatic heterocycles. The van der Waals surface area contributed by atoms with E-state index in [1.165, 1.54) is 5.56 Å². The van der Waals surface area contributed by atoms with Crippen LogP contribution in [0.1, 0.15) is 24.0 Å². The van der Waals surface area contributed by atoms with Gasteiger partial charge in [0, 0.05) is 32.2 Å². The van der Waals surface area contributed by atoms with Crippen molar-refractivity contribution in [3.63, 3.8) is 0 Å². The Morgan fingerprint density at radius 2 is 2.00 bits per heavy atom. The third kappa shape index (κ3) is 3.36. The van der Waals surface area contributed by atoms with Gasteiger partial charge >= 0.3 is 0 Å². The molecule has 0 unspecified atom stereocenters. The summed E-state index contributed by atoms with van der Waals surface area (Å²) >= 11 is 0. The Bertz CT molecular complexity index is 524. The average molecular weight is 289 g/mol. The van der Waals surface area contributed by atoms with E-state index in [1.54, 1.807) is 12.1 Å². The zero-order valence-corrected chi connectivity index (χ0v) is 12.3. The normalized spacial score (nSPS) is 20.3. The number of likely N-dealkylation sites (tertiary alicyclic amines) is 1. The first-order chi connectivity index (χ1) is 10.1. The minimum atomic E-state index is 0.180. The highest BCUT2D eigenvalue weighted by Crippen LogP contribution is 2.23. The number of hydrogen-bond acceptors (Lipinski definition) is 4. The lowest BCUT2D eigenvalue weighted by molar-refractivity contribution is -0.133. The topological polar surface area (TPSA) is 69.8 Å². The Hall–Kier alpha value is -1.59. The average Bonchev–Trinajstić information content (AvgIpc) is 2.48. The summed E-state index contributed by atoms with van der Waals surface area (Å²) in [7, 11) is 0. The molecular formula is C16H23N3O2. The summed E-state index contributed by atoms with van der Waals surface area (Å²) in [5.74, 6) is 0.451. The number of phenolic OH excluding ortho intramolecular Hbond substituents is 1. The number of carbonyl (C=O) groups excluding carboxylic acids is 1. The van der Waals surface area contributed by atoms with Crippen molar-refractivity contribution in [2.24, 2.45) is 5.73 Å². The zero-order chi connectivity index (χ0) is 14.8. The lowest BCUT2D eigenvalue weighted by Crippen LogP contribution is -2.46. The van der Waals surface area contributed by atoms with Gasteiger partial charge in [-0.05, 0) is 42.5 Å². The number of fused-ring (bicyclic) bond motifs is 1. The van der Waals surface area contributed by atoms with E-state index in [4.69, 9.17) is 5.73 Å². The monoisotopic (exact) mass is 289 g/mol. The predicted molar refractivity (Wildman–Crippen MR) is 80.9 cm³/mol. The number of hydrogen-bond donors (Lipinski definition) is 2. The Morgan fingerprint density at radius 1 is 1.24 bits per heavy atom. The molecule has 0 radical (unpaired) electrons. The summed E-state index contributed by atoms with van der Waals surface area (Å²) in [6.45, 7) is 3.69. The lowest BCUT2D eigenvalue weighted by Gasteiger charge is -2.33. The first kappa shape index (κ1) is 14.4. The Kier molecular flexibility index (Phi) is 4.12. The molecule has 1 amide bonds. The number of piperidine rings is 1. The van der Waals surface area contributed by atoms with E-state index in [0.29, 0.717) is 19.1 Å². The van der Waals surface area contributed by atoms with Crippen LogP contribution in [0.15, 0.2) is 18.2 Å². The van der Waals surface area contributed by atoms with Crippen molar-refractivity contribution in [1.29, 1.82) is 0 Å². The van der Waals surface area contributed by atoms with Gasteiger partial charge in [0.05, 0.1) is 6.54 Å². The van der Waals surface area contributed by atoms with Crippen LogP contribution < -0.4 is 5.73 Å². The SMILES string of the molecule is NC1CCN(CC(=O)N2CCc3ccc(O)cc3C2)CC1. The van der Waals surface area contributed by atoms with Crippen LogP contribution in [0, 0.1) is 0 Å². The van der Waals surface area contributed by atoms with Crippen LogP contribution in [0.25, 0.3) is 0 Å². The molecule has 2 heterocycles. The molecule has 1 aromatic rings. The smallest absolute Gasteiger partial charge is 0.237 e. The van der Waals surface area contributed by atoms with Gasteiger partial charge in [0.2, 0.25) is 5.91 Å². The third-order valence-corrected chi connectivity index (χ3v) is 4.55. The van der Waals surface area contributed by atoms with Gasteiger partial charge in [-0.15, -0.1) is 0 Å². The fourth-order valence-corrected chi connectivity index (χ4v) is 3.16. The van der Waals surface area contributed by atoms with E-state index < -0.39 is 0 Å². The van der Waals surface area contributed by atoms with Crippen LogP contribution in [0.2, 0.25) is 0 Å². The third-order valence-electron chi connectivity index (χ3n) is 4.55. The lowest BCUT2D eigenvalue weighted by atomic mass is 9.99. The minimum absolute atomic E-state index is 0.180. The highest BCUT2D eigenvalue weighted by atomic mass is 16.3. The van der Waals surface area contributed by atoms with E-state index in [0.717, 1.165) is 44.5 Å². The molecule has 0 atom stereocenters. The molecule has 0 spiro atoms. The first-order valence-electron chi connectivity index (χ1n) is 7.68. The molecule has 2 aliphatic rings. The molecule has 0 aliphatic carbocycles. The summed E-state index contributed by atoms with van der Waals surface area (Å²) in [4.78, 5) is 16.5. The highest BCUT2D eigenvalue weighted by Gasteiger charge is 2.24. The van der Waals surface area contributed by atoms with Crippen molar-refractivity contribution in [3.8, 4) is 5.75 Å². The summed E-state index contributed by atoms with van der Waals surface area (Å²) in [5.41, 5.74) is 8.19. The van der Waals surface area contributed by atoms with Crippen molar-refractivity contribution in [2.45, 2.75) is 31.8 Å². The highest BCUT2D eigenvalue weighted by molar-refractivity contribution is 5.78. The molecule has 3 N–H and O–H groups in total. The molecule has 0 saturated carbocycles. The number of aromatic hydroxyl groups is 1. The standard InChI is InChI=1S/C16H23N3O2/c17-14-4-6-18(7-5-14)11-16(21)19-8-3-12-1-2-15(20)9-13(12)10-19/h1-2,9,14,20H,3-8,10-11,17H2. The van der Waals surface area contributed by atoms with Crippen LogP contribution >= 0.6 is 0 Å². The van der Waals surface area contributed by atoms with Gasteiger partial charge in [-0.3, -0.25) is 9.69 Å². The summed E-state index contributed by atoms with van der Waals surface area (Å²) in [6.07, 6.45) is 2.82. The van der Waals surface area contributed by atoms with Gasteiger partial charge in [-0.2, -0.15) is 0 Å². The van der Waals surface area contributed by atoms with Crippen molar-refractivity contribution in [2.75, 3.05) is 26.2 Å². The zero-order valence-electron chi connectivity index (χ0n) is 12.3. The van der Waals surface area contributed by atoms with Gasteiger partial charge in [0.1, 0.15) is 5.75 Å². The molecule has 1 fully saturated rings. The van der Waals surface area contributed by atoms with E-state index in [9.17, 15) is 9.90 Å². The number of benzene rings is 1. The van der Waals surface area contributed by atoms with E-state index in [-0.39, 0.29) is 11.7 Å². The first-order valence-corrected chi connectivity index (χ1v) is 7.68. The second-order valence-electron chi connectivity index (χ2n) is 6.13. The van der Waals surface area contributed by atoms with Crippen LogP contribution in [0.4, 0.5) is 0 Å². The van der Waals surface area contributed by atoms with Gasteiger partial charge in [0.25, 0.3) is 0 Å². The Morgan fingerprint density at radius 3 is 2.76 bits per heavy atom. The maximum atomic E-state index is 12.4. The minimum Gasteiger partial charge on any atom is -0.508 e. The molecule has 5 heteroatoms. The molecule has 1 saturated heterocycles. The number of rotatable bonds is 2. The van der Waals surface area contributed by atoms with E-state index in [1.807, 2.05) is 11.0 Å². The Labute approximate surface area is 125 Å². The molecular weight excluding hydrogens is 266 g/mol. The van der Waals surface area contributed by atoms with E-state index in [2.05, 4.69) is 4.90 Å². The number of nitrogens with zero attached hydrogens (tertiary/aromatic N) is 2. The summed E-state index contributed by atoms with van der Waals surface area (Å²) in [6, 6.07) is 5.74. The second kappa shape index (κ2) is 6.03. The molecule has 114 valence electrons. The van der Waals surface area contributed by atoms with Crippen LogP contribution in [0.3, 0.4) is 0 Å². The fourth-order valence-electron chi connectivity index (χ4n) is 3.16. The van der Waals surface area contributed by atoms with Crippen molar-refractivity contribution >= 4 is 5.91 Å². The van der Waals surface area contributed by atoms with Crippen molar-refractivity contribution in [3.05, 3.63) is 29.3 Å². The maximum absolute atomic E-state index is 12.4. The van der Waals surface area contributed by atoms with Gasteiger partial charge in [-0.25, -0.2) is 0 Å². The Balaban J connectivity index is 1.59. The van der Waals surface area contributed by atoms with Gasteiger partial charge < -0.3 is 15.7 Å². The number of carbonyl (C=O) groups is 1. The van der Waals surface area contributed by atoms with Gasteiger partial charge in [0.15, 0.2) is 0 Å². The van der Waals surface area contributed by atoms with E-state index >= 15 is 0 Å². The van der Waals surface area contributed by atoms with Crippen molar-refractivity contribution < 1.29 is 9.90 Å². The number of amides is 1. The summed E-state index contributed by atoms with van der Waals surface area (Å²) in [5, 5.41) is 9.58. The molecule has 0 aromatic heterocycles. The largest absolute Gasteiger partial charge is 0.508 e. The molecule has 5 nitrogen and oxygen atoms in total. The van der Waals surface area contributed by atoms with Crippen LogP contribution in [0.5, 0.6) is 5.75 Å². The fraction of sp³-hybridized carbons (Fsp3) is 0.562.